The molecule has 2 aromatic rings. The second-order valence-corrected chi connectivity index (χ2v) is 7.28. The van der Waals surface area contributed by atoms with Crippen LogP contribution in [0.2, 0.25) is 0 Å². The van der Waals surface area contributed by atoms with Gasteiger partial charge in [-0.3, -0.25) is 29.0 Å². The van der Waals surface area contributed by atoms with Crippen LogP contribution in [0.5, 0.6) is 5.75 Å². The maximum atomic E-state index is 12.5. The highest BCUT2D eigenvalue weighted by atomic mass is 32.2. The monoisotopic (exact) mass is 378 g/mol. The van der Waals surface area contributed by atoms with Gasteiger partial charge in [0.25, 0.3) is 17.4 Å². The Hall–Kier alpha value is -3.34. The van der Waals surface area contributed by atoms with Crippen LogP contribution in [-0.4, -0.2) is 38.2 Å². The lowest BCUT2D eigenvalue weighted by Crippen LogP contribution is -2.25. The lowest BCUT2D eigenvalue weighted by molar-refractivity contribution is 0.0880. The Morgan fingerprint density at radius 1 is 1.15 bits per heavy atom. The van der Waals surface area contributed by atoms with Crippen molar-refractivity contribution in [2.75, 3.05) is 23.8 Å². The molecule has 0 saturated carbocycles. The number of methoxy groups -OCH3 is 1. The number of benzene rings is 1. The fourth-order valence-corrected chi connectivity index (χ4v) is 3.21. The second kappa shape index (κ2) is 5.88. The number of rotatable bonds is 4. The Morgan fingerprint density at radius 2 is 1.85 bits per heavy atom. The Labute approximate surface area is 147 Å². The van der Waals surface area contributed by atoms with Gasteiger partial charge in [-0.25, -0.2) is 8.42 Å². The fourth-order valence-electron chi connectivity index (χ4n) is 2.64. The van der Waals surface area contributed by atoms with Gasteiger partial charge >= 0.3 is 0 Å². The summed E-state index contributed by atoms with van der Waals surface area (Å²) in [5.74, 6) is -1.43. The normalized spacial score (nSPS) is 13.3. The number of carbonyl (C=O) groups is 2. The van der Waals surface area contributed by atoms with Crippen LogP contribution in [0.25, 0.3) is 5.69 Å². The van der Waals surface area contributed by atoms with Gasteiger partial charge in [0, 0.05) is 12.1 Å². The molecule has 1 aromatic carbocycles. The van der Waals surface area contributed by atoms with E-state index in [4.69, 9.17) is 10.5 Å². The number of hydrogen-bond donors (Lipinski definition) is 3. The zero-order valence-electron chi connectivity index (χ0n) is 13.7. The number of imide groups is 1. The smallest absolute Gasteiger partial charge is 0.262 e. The third-order valence-electron chi connectivity index (χ3n) is 3.69. The topological polar surface area (TPSA) is 150 Å². The Kier molecular flexibility index (Phi) is 3.95. The molecule has 4 N–H and O–H groups in total. The van der Waals surface area contributed by atoms with E-state index in [2.05, 4.69) is 10.0 Å². The first kappa shape index (κ1) is 17.5. The molecular formula is C15H14N4O6S. The fraction of sp³-hybridized carbons (Fsp3) is 0.133. The average molecular weight is 378 g/mol. The van der Waals surface area contributed by atoms with Crippen molar-refractivity contribution in [3.8, 4) is 11.4 Å². The number of nitrogens with zero attached hydrogens (tertiary/aromatic N) is 1. The number of fused-ring (bicyclic) bond motifs is 1. The number of nitrogen functional groups attached to an aromatic ring is 1. The quantitative estimate of drug-likeness (QED) is 0.617. The van der Waals surface area contributed by atoms with Crippen LogP contribution in [-0.2, 0) is 10.0 Å². The van der Waals surface area contributed by atoms with Crippen molar-refractivity contribution in [2.24, 2.45) is 0 Å². The number of pyridine rings is 1. The maximum absolute atomic E-state index is 12.5. The van der Waals surface area contributed by atoms with Gasteiger partial charge in [-0.15, -0.1) is 0 Å². The summed E-state index contributed by atoms with van der Waals surface area (Å²) < 4.78 is 31.6. The van der Waals surface area contributed by atoms with Crippen molar-refractivity contribution >= 4 is 33.3 Å². The first-order valence-corrected chi connectivity index (χ1v) is 9.09. The van der Waals surface area contributed by atoms with E-state index in [9.17, 15) is 22.8 Å². The largest absolute Gasteiger partial charge is 0.497 e. The highest BCUT2D eigenvalue weighted by molar-refractivity contribution is 7.92. The molecule has 0 bridgehead atoms. The third-order valence-corrected chi connectivity index (χ3v) is 4.29. The molecule has 0 unspecified atom stereocenters. The van der Waals surface area contributed by atoms with Gasteiger partial charge < -0.3 is 10.5 Å². The molecule has 0 atom stereocenters. The molecule has 1 aromatic heterocycles. The zero-order valence-corrected chi connectivity index (χ0v) is 14.5. The predicted octanol–water partition coefficient (Wildman–Crippen LogP) is -0.317. The van der Waals surface area contributed by atoms with E-state index in [-0.39, 0.29) is 28.3 Å². The minimum absolute atomic E-state index is 0.0479. The zero-order chi connectivity index (χ0) is 19.2. The van der Waals surface area contributed by atoms with Gasteiger partial charge in [0.2, 0.25) is 10.0 Å². The van der Waals surface area contributed by atoms with E-state index in [0.717, 1.165) is 16.9 Å². The molecule has 2 amide bonds. The molecule has 11 heteroatoms. The van der Waals surface area contributed by atoms with E-state index < -0.39 is 27.4 Å². The third kappa shape index (κ3) is 2.88. The summed E-state index contributed by atoms with van der Waals surface area (Å²) in [6.07, 6.45) is 0.946. The number of nitrogens with one attached hydrogen (secondary N) is 2. The van der Waals surface area contributed by atoms with Crippen LogP contribution in [0.1, 0.15) is 20.7 Å². The van der Waals surface area contributed by atoms with E-state index in [0.29, 0.717) is 5.75 Å². The van der Waals surface area contributed by atoms with Crippen LogP contribution < -0.4 is 26.1 Å². The lowest BCUT2D eigenvalue weighted by Gasteiger charge is -2.17. The molecule has 3 rings (SSSR count). The van der Waals surface area contributed by atoms with E-state index >= 15 is 0 Å². The first-order chi connectivity index (χ1) is 12.1. The molecule has 0 aliphatic carbocycles. The van der Waals surface area contributed by atoms with Crippen LogP contribution in [0.15, 0.2) is 29.1 Å². The van der Waals surface area contributed by atoms with Crippen molar-refractivity contribution in [1.29, 1.82) is 0 Å². The maximum Gasteiger partial charge on any atom is 0.262 e. The number of carbonyl (C=O) groups excluding carboxylic acids is 2. The van der Waals surface area contributed by atoms with Crippen molar-refractivity contribution in [2.45, 2.75) is 0 Å². The molecule has 26 heavy (non-hydrogen) atoms. The van der Waals surface area contributed by atoms with Crippen molar-refractivity contribution in [1.82, 2.24) is 9.88 Å². The highest BCUT2D eigenvalue weighted by Crippen LogP contribution is 2.30. The van der Waals surface area contributed by atoms with Crippen LogP contribution >= 0.6 is 0 Å². The molecule has 0 saturated heterocycles. The van der Waals surface area contributed by atoms with E-state index in [1.54, 1.807) is 0 Å². The number of anilines is 2. The minimum Gasteiger partial charge on any atom is -0.497 e. The number of aromatic nitrogens is 1. The Morgan fingerprint density at radius 3 is 2.46 bits per heavy atom. The van der Waals surface area contributed by atoms with Crippen molar-refractivity contribution in [3.05, 3.63) is 45.7 Å². The van der Waals surface area contributed by atoms with Crippen molar-refractivity contribution < 1.29 is 22.7 Å². The molecular weight excluding hydrogens is 364 g/mol. The lowest BCUT2D eigenvalue weighted by atomic mass is 10.1. The summed E-state index contributed by atoms with van der Waals surface area (Å²) in [4.78, 5) is 36.2. The SMILES string of the molecule is COc1ccc(NS(C)(=O)=O)c(-n2c(N)c3c(cc2=O)C(=O)NC3=O)c1. The summed E-state index contributed by atoms with van der Waals surface area (Å²) in [5.41, 5.74) is 5.08. The van der Waals surface area contributed by atoms with Gasteiger partial charge in [0.05, 0.1) is 35.9 Å². The van der Waals surface area contributed by atoms with Gasteiger partial charge in [0.1, 0.15) is 11.6 Å². The molecule has 136 valence electrons. The molecule has 1 aliphatic heterocycles. The summed E-state index contributed by atoms with van der Waals surface area (Å²) in [7, 11) is -2.27. The van der Waals surface area contributed by atoms with Gasteiger partial charge in [-0.05, 0) is 12.1 Å². The predicted molar refractivity (Wildman–Crippen MR) is 93.3 cm³/mol. The van der Waals surface area contributed by atoms with Gasteiger partial charge in [-0.1, -0.05) is 0 Å². The number of nitrogens with two attached hydrogens (primary N) is 1. The van der Waals surface area contributed by atoms with E-state index in [1.807, 2.05) is 0 Å². The minimum atomic E-state index is -3.66. The average Bonchev–Trinajstić information content (AvgIpc) is 2.81. The molecule has 0 spiro atoms. The second-order valence-electron chi connectivity index (χ2n) is 5.53. The standard InChI is InChI=1S/C15H14N4O6S/c1-25-7-3-4-9(18-26(2,23)24)10(5-7)19-11(20)6-8-12(13(19)16)15(22)17-14(8)21/h3-6,18H,16H2,1-2H3,(H,17,21,22). The van der Waals surface area contributed by atoms with Crippen LogP contribution in [0.4, 0.5) is 11.5 Å². The Bertz CT molecular complexity index is 1120. The number of sulfonamides is 1. The Balaban J connectivity index is 2.34. The first-order valence-electron chi connectivity index (χ1n) is 7.20. The molecule has 0 radical (unpaired) electrons. The number of ether oxygens (including phenoxy) is 1. The van der Waals surface area contributed by atoms with E-state index in [1.165, 1.54) is 25.3 Å². The molecule has 1 aliphatic rings. The van der Waals surface area contributed by atoms with Crippen molar-refractivity contribution in [3.63, 3.8) is 0 Å². The highest BCUT2D eigenvalue weighted by Gasteiger charge is 2.32. The molecule has 2 heterocycles. The van der Waals surface area contributed by atoms with Gasteiger partial charge in [0.15, 0.2) is 0 Å². The van der Waals surface area contributed by atoms with Crippen LogP contribution in [0, 0.1) is 0 Å². The van der Waals surface area contributed by atoms with Gasteiger partial charge in [-0.2, -0.15) is 0 Å². The van der Waals surface area contributed by atoms with Crippen LogP contribution in [0.3, 0.4) is 0 Å². The number of hydrogen-bond acceptors (Lipinski definition) is 7. The number of amides is 2. The summed E-state index contributed by atoms with van der Waals surface area (Å²) in [5, 5.41) is 2.06. The molecule has 0 fully saturated rings. The summed E-state index contributed by atoms with van der Waals surface area (Å²) in [6.45, 7) is 0. The summed E-state index contributed by atoms with van der Waals surface area (Å²) >= 11 is 0. The summed E-state index contributed by atoms with van der Waals surface area (Å²) in [6, 6.07) is 5.23. The molecule has 10 nitrogen and oxygen atoms in total.